The lowest BCUT2D eigenvalue weighted by Crippen LogP contribution is -2.48. The second kappa shape index (κ2) is 5.56. The van der Waals surface area contributed by atoms with E-state index in [1.165, 1.54) is 4.90 Å². The summed E-state index contributed by atoms with van der Waals surface area (Å²) in [5.74, 6) is -1.22. The number of aliphatic carboxylic acids is 1. The van der Waals surface area contributed by atoms with Crippen LogP contribution in [0.25, 0.3) is 0 Å². The zero-order valence-electron chi connectivity index (χ0n) is 11.0. The minimum atomic E-state index is -0.926. The van der Waals surface area contributed by atoms with Crippen LogP contribution in [0.4, 0.5) is 4.79 Å². The van der Waals surface area contributed by atoms with E-state index >= 15 is 0 Å². The van der Waals surface area contributed by atoms with Crippen LogP contribution in [0.2, 0.25) is 0 Å². The van der Waals surface area contributed by atoms with Crippen molar-refractivity contribution in [2.24, 2.45) is 5.92 Å². The van der Waals surface area contributed by atoms with Gasteiger partial charge in [0.2, 0.25) is 0 Å². The number of aliphatic hydroxyl groups excluding tert-OH is 1. The van der Waals surface area contributed by atoms with E-state index in [-0.39, 0.29) is 18.9 Å². The first-order chi connectivity index (χ1) is 8.19. The minimum absolute atomic E-state index is 0.0661. The molecule has 0 aromatic heterocycles. The Kier molecular flexibility index (Phi) is 4.56. The molecule has 2 unspecified atom stereocenters. The molecule has 6 nitrogen and oxygen atoms in total. The van der Waals surface area contributed by atoms with Gasteiger partial charge in [-0.3, -0.25) is 4.79 Å². The Hall–Kier alpha value is -1.30. The quantitative estimate of drug-likeness (QED) is 0.774. The smallest absolute Gasteiger partial charge is 0.410 e. The predicted octanol–water partition coefficient (Wildman–Crippen LogP) is 1.08. The summed E-state index contributed by atoms with van der Waals surface area (Å²) in [5.41, 5.74) is -0.569. The number of rotatable bonds is 2. The molecule has 2 atom stereocenters. The van der Waals surface area contributed by atoms with Gasteiger partial charge in [-0.15, -0.1) is 0 Å². The molecule has 0 aromatic carbocycles. The lowest BCUT2D eigenvalue weighted by molar-refractivity contribution is -0.139. The van der Waals surface area contributed by atoms with Crippen LogP contribution < -0.4 is 0 Å². The number of β-amino-alcohol motifs (C(OH)–C–C–N with tert-alkyl or cyclic N) is 1. The molecular weight excluding hydrogens is 238 g/mol. The maximum absolute atomic E-state index is 11.8. The predicted molar refractivity (Wildman–Crippen MR) is 64.2 cm³/mol. The second-order valence-electron chi connectivity index (χ2n) is 5.64. The first-order valence-corrected chi connectivity index (χ1v) is 6.07. The molecule has 1 heterocycles. The Morgan fingerprint density at radius 2 is 2.00 bits per heavy atom. The van der Waals surface area contributed by atoms with Gasteiger partial charge in [-0.2, -0.15) is 0 Å². The topological polar surface area (TPSA) is 87.1 Å². The van der Waals surface area contributed by atoms with Gasteiger partial charge >= 0.3 is 12.1 Å². The van der Waals surface area contributed by atoms with Gasteiger partial charge in [0.1, 0.15) is 5.60 Å². The molecular formula is C12H21NO5. The molecule has 6 heteroatoms. The normalized spacial score (nSPS) is 24.8. The van der Waals surface area contributed by atoms with E-state index in [9.17, 15) is 14.7 Å². The number of piperidine rings is 1. The highest BCUT2D eigenvalue weighted by molar-refractivity contribution is 5.69. The zero-order chi connectivity index (χ0) is 13.9. The summed E-state index contributed by atoms with van der Waals surface area (Å²) < 4.78 is 5.20. The number of carboxylic acids is 1. The van der Waals surface area contributed by atoms with Crippen molar-refractivity contribution in [2.75, 3.05) is 13.1 Å². The average molecular weight is 259 g/mol. The van der Waals surface area contributed by atoms with Crippen molar-refractivity contribution in [3.8, 4) is 0 Å². The van der Waals surface area contributed by atoms with Crippen molar-refractivity contribution in [2.45, 2.75) is 45.3 Å². The second-order valence-corrected chi connectivity index (χ2v) is 5.64. The van der Waals surface area contributed by atoms with E-state index in [0.29, 0.717) is 13.0 Å². The van der Waals surface area contributed by atoms with Gasteiger partial charge in [-0.25, -0.2) is 4.79 Å². The molecule has 1 fully saturated rings. The Labute approximate surface area is 107 Å². The van der Waals surface area contributed by atoms with Gasteiger partial charge < -0.3 is 19.8 Å². The van der Waals surface area contributed by atoms with Crippen molar-refractivity contribution in [3.63, 3.8) is 0 Å². The summed E-state index contributed by atoms with van der Waals surface area (Å²) in [4.78, 5) is 23.8. The largest absolute Gasteiger partial charge is 0.481 e. The number of likely N-dealkylation sites (tertiary alicyclic amines) is 1. The molecule has 18 heavy (non-hydrogen) atoms. The van der Waals surface area contributed by atoms with Crippen molar-refractivity contribution < 1.29 is 24.5 Å². The van der Waals surface area contributed by atoms with E-state index < -0.39 is 23.8 Å². The lowest BCUT2D eigenvalue weighted by atomic mass is 9.91. The van der Waals surface area contributed by atoms with Crippen LogP contribution in [-0.2, 0) is 9.53 Å². The summed E-state index contributed by atoms with van der Waals surface area (Å²) in [6.07, 6.45) is -0.853. The fourth-order valence-electron chi connectivity index (χ4n) is 1.93. The van der Waals surface area contributed by atoms with Gasteiger partial charge in [0, 0.05) is 6.54 Å². The molecule has 1 rings (SSSR count). The highest BCUT2D eigenvalue weighted by atomic mass is 16.6. The molecule has 0 aromatic rings. The molecule has 1 amide bonds. The number of nitrogens with zero attached hydrogens (tertiary/aromatic N) is 1. The zero-order valence-corrected chi connectivity index (χ0v) is 11.0. The Bertz CT molecular complexity index is 323. The highest BCUT2D eigenvalue weighted by Gasteiger charge is 2.33. The van der Waals surface area contributed by atoms with Crippen LogP contribution >= 0.6 is 0 Å². The Morgan fingerprint density at radius 1 is 1.39 bits per heavy atom. The van der Waals surface area contributed by atoms with Gasteiger partial charge in [0.25, 0.3) is 0 Å². The number of aliphatic hydroxyl groups is 1. The molecule has 1 aliphatic heterocycles. The Balaban J connectivity index is 2.50. The third-order valence-corrected chi connectivity index (χ3v) is 2.81. The van der Waals surface area contributed by atoms with Crippen LogP contribution in [0.15, 0.2) is 0 Å². The maximum atomic E-state index is 11.8. The van der Waals surface area contributed by atoms with Gasteiger partial charge in [-0.1, -0.05) is 0 Å². The average Bonchev–Trinajstić information content (AvgIpc) is 2.17. The van der Waals surface area contributed by atoms with E-state index in [1.54, 1.807) is 20.8 Å². The monoisotopic (exact) mass is 259 g/mol. The van der Waals surface area contributed by atoms with Crippen LogP contribution in [0.5, 0.6) is 0 Å². The summed E-state index contributed by atoms with van der Waals surface area (Å²) in [6, 6.07) is 0. The van der Waals surface area contributed by atoms with Crippen molar-refractivity contribution in [3.05, 3.63) is 0 Å². The third kappa shape index (κ3) is 4.52. The van der Waals surface area contributed by atoms with Crippen LogP contribution in [0, 0.1) is 5.92 Å². The molecule has 104 valence electrons. The van der Waals surface area contributed by atoms with Crippen LogP contribution in [0.1, 0.15) is 33.6 Å². The van der Waals surface area contributed by atoms with Gasteiger partial charge in [-0.05, 0) is 33.1 Å². The van der Waals surface area contributed by atoms with Crippen molar-refractivity contribution in [1.29, 1.82) is 0 Å². The number of hydrogen-bond acceptors (Lipinski definition) is 4. The van der Waals surface area contributed by atoms with E-state index in [4.69, 9.17) is 9.84 Å². The number of carbonyl (C=O) groups is 2. The Morgan fingerprint density at radius 3 is 2.44 bits per heavy atom. The molecule has 2 N–H and O–H groups in total. The highest BCUT2D eigenvalue weighted by Crippen LogP contribution is 2.22. The molecule has 1 aliphatic rings. The number of ether oxygens (including phenoxy) is 1. The summed E-state index contributed by atoms with van der Waals surface area (Å²) in [6.45, 7) is 5.88. The van der Waals surface area contributed by atoms with E-state index in [0.717, 1.165) is 0 Å². The fraction of sp³-hybridized carbons (Fsp3) is 0.833. The van der Waals surface area contributed by atoms with Crippen LogP contribution in [0.3, 0.4) is 0 Å². The number of hydrogen-bond donors (Lipinski definition) is 2. The van der Waals surface area contributed by atoms with E-state index in [1.807, 2.05) is 0 Å². The molecule has 0 aliphatic carbocycles. The number of amides is 1. The van der Waals surface area contributed by atoms with E-state index in [2.05, 4.69) is 0 Å². The first-order valence-electron chi connectivity index (χ1n) is 6.07. The van der Waals surface area contributed by atoms with Crippen LogP contribution in [-0.4, -0.2) is 52.0 Å². The summed E-state index contributed by atoms with van der Waals surface area (Å²) in [7, 11) is 0. The molecule has 0 saturated carbocycles. The summed E-state index contributed by atoms with van der Waals surface area (Å²) in [5, 5.41) is 18.5. The van der Waals surface area contributed by atoms with Crippen molar-refractivity contribution >= 4 is 12.1 Å². The standard InChI is InChI=1S/C12H21NO5/c1-12(2,3)18-11(17)13-5-4-8(6-10(15)16)9(14)7-13/h8-9,14H,4-7H2,1-3H3,(H,15,16). The molecule has 1 saturated heterocycles. The molecule has 0 bridgehead atoms. The third-order valence-electron chi connectivity index (χ3n) is 2.81. The number of carbonyl (C=O) groups excluding carboxylic acids is 1. The van der Waals surface area contributed by atoms with Crippen molar-refractivity contribution in [1.82, 2.24) is 4.90 Å². The first kappa shape index (κ1) is 14.8. The fourth-order valence-corrected chi connectivity index (χ4v) is 1.93. The lowest BCUT2D eigenvalue weighted by Gasteiger charge is -2.36. The van der Waals surface area contributed by atoms with Gasteiger partial charge in [0.15, 0.2) is 0 Å². The molecule has 0 radical (unpaired) electrons. The minimum Gasteiger partial charge on any atom is -0.481 e. The SMILES string of the molecule is CC(C)(C)OC(=O)N1CCC(CC(=O)O)C(O)C1. The maximum Gasteiger partial charge on any atom is 0.410 e. The molecule has 0 spiro atoms. The van der Waals surface area contributed by atoms with Gasteiger partial charge in [0.05, 0.1) is 19.1 Å². The summed E-state index contributed by atoms with van der Waals surface area (Å²) >= 11 is 0. The number of carboxylic acid groups (broad SMARTS) is 1.